The van der Waals surface area contributed by atoms with E-state index >= 15 is 0 Å². The van der Waals surface area contributed by atoms with Crippen molar-refractivity contribution >= 4 is 39.0 Å². The highest BCUT2D eigenvalue weighted by Gasteiger charge is 2.25. The zero-order valence-corrected chi connectivity index (χ0v) is 14.2. The minimum Gasteiger partial charge on any atom is -0.388 e. The Bertz CT molecular complexity index is 558. The maximum atomic E-state index is 12.4. The molecule has 1 aromatic rings. The number of hydrogen-bond acceptors (Lipinski definition) is 5. The zero-order chi connectivity index (χ0) is 15.3. The number of nitrogens with two attached hydrogens (primary N) is 1. The number of pyridine rings is 1. The molecule has 1 aromatic heterocycles. The molecule has 0 aliphatic rings. The highest BCUT2D eigenvalue weighted by Crippen LogP contribution is 2.18. The first-order valence-corrected chi connectivity index (χ1v) is 9.27. The number of thiocarbonyl (C=S) groups is 1. The van der Waals surface area contributed by atoms with Crippen molar-refractivity contribution in [3.05, 3.63) is 24.0 Å². The molecule has 0 spiro atoms. The molecular formula is C12H19N3O2S3. The number of rotatable bonds is 7. The largest absolute Gasteiger partial charge is 0.388 e. The Morgan fingerprint density at radius 1 is 1.55 bits per heavy atom. The fourth-order valence-electron chi connectivity index (χ4n) is 1.55. The maximum Gasteiger partial charge on any atom is 0.244 e. The van der Waals surface area contributed by atoms with Gasteiger partial charge in [0, 0.05) is 19.3 Å². The van der Waals surface area contributed by atoms with E-state index in [1.165, 1.54) is 22.6 Å². The fraction of sp³-hybridized carbons (Fsp3) is 0.500. The van der Waals surface area contributed by atoms with Crippen molar-refractivity contribution in [3.63, 3.8) is 0 Å². The number of aromatic nitrogens is 1. The van der Waals surface area contributed by atoms with Gasteiger partial charge in [-0.05, 0) is 37.5 Å². The summed E-state index contributed by atoms with van der Waals surface area (Å²) in [5.41, 5.74) is 5.86. The van der Waals surface area contributed by atoms with Crippen LogP contribution in [-0.4, -0.2) is 47.8 Å². The lowest BCUT2D eigenvalue weighted by molar-refractivity contribution is 0.382. The van der Waals surface area contributed by atoms with Crippen LogP contribution in [0.1, 0.15) is 19.0 Å². The van der Waals surface area contributed by atoms with Gasteiger partial charge in [-0.1, -0.05) is 12.2 Å². The van der Waals surface area contributed by atoms with Gasteiger partial charge < -0.3 is 5.73 Å². The Hall–Kier alpha value is -0.700. The van der Waals surface area contributed by atoms with E-state index in [0.717, 1.165) is 12.2 Å². The van der Waals surface area contributed by atoms with E-state index in [1.54, 1.807) is 18.8 Å². The minimum atomic E-state index is -3.53. The van der Waals surface area contributed by atoms with Crippen molar-refractivity contribution in [1.29, 1.82) is 0 Å². The molecule has 8 heteroatoms. The quantitative estimate of drug-likeness (QED) is 0.762. The van der Waals surface area contributed by atoms with Crippen molar-refractivity contribution in [2.75, 3.05) is 19.1 Å². The van der Waals surface area contributed by atoms with Crippen molar-refractivity contribution in [3.8, 4) is 0 Å². The van der Waals surface area contributed by atoms with Crippen LogP contribution in [0.25, 0.3) is 0 Å². The second-order valence-corrected chi connectivity index (χ2v) is 7.82. The van der Waals surface area contributed by atoms with Gasteiger partial charge in [0.1, 0.15) is 9.88 Å². The summed E-state index contributed by atoms with van der Waals surface area (Å²) in [6.07, 6.45) is 4.09. The standard InChI is InChI=1S/C12H19N3O2S3/c1-9(6-7-19-3)15(2)20(16,17)10-4-5-11(12(13)18)14-8-10/h4-5,8-9H,6-7H2,1-3H3,(H2,13,18). The molecule has 0 aliphatic heterocycles. The molecule has 20 heavy (non-hydrogen) atoms. The van der Waals surface area contributed by atoms with E-state index in [1.807, 2.05) is 13.2 Å². The number of hydrogen-bond donors (Lipinski definition) is 1. The summed E-state index contributed by atoms with van der Waals surface area (Å²) in [5, 5.41) is 0. The molecule has 0 saturated carbocycles. The molecule has 0 amide bonds. The van der Waals surface area contributed by atoms with Gasteiger partial charge >= 0.3 is 0 Å². The summed E-state index contributed by atoms with van der Waals surface area (Å²) < 4.78 is 26.2. The van der Waals surface area contributed by atoms with Crippen LogP contribution in [0.4, 0.5) is 0 Å². The van der Waals surface area contributed by atoms with Gasteiger partial charge in [0.15, 0.2) is 0 Å². The van der Waals surface area contributed by atoms with Crippen LogP contribution in [0.2, 0.25) is 0 Å². The highest BCUT2D eigenvalue weighted by molar-refractivity contribution is 7.98. The van der Waals surface area contributed by atoms with E-state index < -0.39 is 10.0 Å². The summed E-state index contributed by atoms with van der Waals surface area (Å²) in [4.78, 5) is 4.27. The molecule has 112 valence electrons. The van der Waals surface area contributed by atoms with Gasteiger partial charge in [-0.3, -0.25) is 4.98 Å². The second-order valence-electron chi connectivity index (χ2n) is 4.40. The van der Waals surface area contributed by atoms with E-state index in [0.29, 0.717) is 5.69 Å². The third-order valence-electron chi connectivity index (χ3n) is 3.03. The van der Waals surface area contributed by atoms with E-state index in [2.05, 4.69) is 4.98 Å². The topological polar surface area (TPSA) is 76.3 Å². The van der Waals surface area contributed by atoms with Gasteiger partial charge in [-0.25, -0.2) is 8.42 Å². The molecule has 1 atom stereocenters. The normalized spacial score (nSPS) is 13.4. The highest BCUT2D eigenvalue weighted by atomic mass is 32.2. The van der Waals surface area contributed by atoms with Crippen LogP contribution < -0.4 is 5.73 Å². The van der Waals surface area contributed by atoms with Gasteiger partial charge in [0.05, 0.1) is 5.69 Å². The summed E-state index contributed by atoms with van der Waals surface area (Å²) in [6.45, 7) is 1.89. The molecular weight excluding hydrogens is 314 g/mol. The van der Waals surface area contributed by atoms with Gasteiger partial charge in [-0.2, -0.15) is 16.1 Å². The minimum absolute atomic E-state index is 0.0669. The predicted molar refractivity (Wildman–Crippen MR) is 87.5 cm³/mol. The van der Waals surface area contributed by atoms with Gasteiger partial charge in [0.25, 0.3) is 0 Å². The Morgan fingerprint density at radius 3 is 2.65 bits per heavy atom. The van der Waals surface area contributed by atoms with Crippen molar-refractivity contribution in [2.45, 2.75) is 24.3 Å². The van der Waals surface area contributed by atoms with Crippen LogP contribution in [0.15, 0.2) is 23.2 Å². The molecule has 0 aromatic carbocycles. The first kappa shape index (κ1) is 17.4. The van der Waals surface area contributed by atoms with Crippen LogP contribution in [0, 0.1) is 0 Å². The molecule has 1 rings (SSSR count). The summed E-state index contributed by atoms with van der Waals surface area (Å²) in [5.74, 6) is 0.916. The first-order valence-electron chi connectivity index (χ1n) is 6.03. The summed E-state index contributed by atoms with van der Waals surface area (Å²) >= 11 is 6.49. The predicted octanol–water partition coefficient (Wildman–Crippen LogP) is 1.48. The zero-order valence-electron chi connectivity index (χ0n) is 11.7. The average molecular weight is 334 g/mol. The number of sulfonamides is 1. The number of nitrogens with zero attached hydrogens (tertiary/aromatic N) is 2. The van der Waals surface area contributed by atoms with Gasteiger partial charge in [-0.15, -0.1) is 0 Å². The lowest BCUT2D eigenvalue weighted by Gasteiger charge is -2.24. The number of thioether (sulfide) groups is 1. The SMILES string of the molecule is CSCCC(C)N(C)S(=O)(=O)c1ccc(C(N)=S)nc1. The second kappa shape index (κ2) is 7.35. The van der Waals surface area contributed by atoms with E-state index in [9.17, 15) is 8.42 Å². The van der Waals surface area contributed by atoms with E-state index in [-0.39, 0.29) is 15.9 Å². The molecule has 0 fully saturated rings. The third-order valence-corrected chi connectivity index (χ3v) is 5.83. The Kier molecular flexibility index (Phi) is 6.38. The molecule has 0 bridgehead atoms. The molecule has 0 saturated heterocycles. The third kappa shape index (κ3) is 4.15. The maximum absolute atomic E-state index is 12.4. The van der Waals surface area contributed by atoms with Gasteiger partial charge in [0.2, 0.25) is 10.0 Å². The molecule has 0 radical (unpaired) electrons. The fourth-order valence-corrected chi connectivity index (χ4v) is 3.59. The Balaban J connectivity index is 2.95. The summed E-state index contributed by atoms with van der Waals surface area (Å²) in [6, 6.07) is 2.94. The molecule has 5 nitrogen and oxygen atoms in total. The molecule has 0 aliphatic carbocycles. The molecule has 2 N–H and O–H groups in total. The van der Waals surface area contributed by atoms with Crippen molar-refractivity contribution < 1.29 is 8.42 Å². The average Bonchev–Trinajstić information content (AvgIpc) is 2.43. The molecule has 1 unspecified atom stereocenters. The smallest absolute Gasteiger partial charge is 0.244 e. The monoisotopic (exact) mass is 333 g/mol. The van der Waals surface area contributed by atoms with E-state index in [4.69, 9.17) is 18.0 Å². The van der Waals surface area contributed by atoms with Crippen LogP contribution >= 0.6 is 24.0 Å². The Labute approximate surface area is 130 Å². The first-order chi connectivity index (χ1) is 9.30. The lowest BCUT2D eigenvalue weighted by atomic mass is 10.3. The van der Waals surface area contributed by atoms with Crippen LogP contribution in [0.5, 0.6) is 0 Å². The van der Waals surface area contributed by atoms with Crippen LogP contribution in [-0.2, 0) is 10.0 Å². The molecule has 1 heterocycles. The summed E-state index contributed by atoms with van der Waals surface area (Å²) in [7, 11) is -1.95. The van der Waals surface area contributed by atoms with Crippen molar-refractivity contribution in [2.24, 2.45) is 5.73 Å². The lowest BCUT2D eigenvalue weighted by Crippen LogP contribution is -2.35. The Morgan fingerprint density at radius 2 is 2.20 bits per heavy atom. The van der Waals surface area contributed by atoms with Crippen LogP contribution in [0.3, 0.4) is 0 Å². The van der Waals surface area contributed by atoms with Crippen molar-refractivity contribution in [1.82, 2.24) is 9.29 Å².